The van der Waals surface area contributed by atoms with E-state index in [9.17, 15) is 4.79 Å². The maximum absolute atomic E-state index is 11.8. The molecular formula is C20H31N5O. The van der Waals surface area contributed by atoms with E-state index in [1.165, 1.54) is 22.0 Å². The van der Waals surface area contributed by atoms with Gasteiger partial charge in [0.2, 0.25) is 5.91 Å². The molecule has 0 aliphatic rings. The molecule has 2 aromatic rings. The van der Waals surface area contributed by atoms with Gasteiger partial charge >= 0.3 is 0 Å². The molecule has 142 valence electrons. The predicted octanol–water partition coefficient (Wildman–Crippen LogP) is 2.49. The van der Waals surface area contributed by atoms with Crippen LogP contribution in [0.4, 0.5) is 0 Å². The average Bonchev–Trinajstić information content (AvgIpc) is 3.02. The zero-order valence-electron chi connectivity index (χ0n) is 16.3. The van der Waals surface area contributed by atoms with Gasteiger partial charge < -0.3 is 20.9 Å². The Morgan fingerprint density at radius 1 is 1.27 bits per heavy atom. The van der Waals surface area contributed by atoms with Crippen LogP contribution < -0.4 is 16.0 Å². The number of hydrogen-bond donors (Lipinski definition) is 4. The van der Waals surface area contributed by atoms with Crippen LogP contribution in [-0.4, -0.2) is 43.0 Å². The third-order valence-electron chi connectivity index (χ3n) is 4.50. The third kappa shape index (κ3) is 5.79. The Balaban J connectivity index is 1.74. The Morgan fingerprint density at radius 2 is 2.04 bits per heavy atom. The van der Waals surface area contributed by atoms with Crippen molar-refractivity contribution in [2.45, 2.75) is 46.1 Å². The van der Waals surface area contributed by atoms with E-state index in [-0.39, 0.29) is 11.9 Å². The monoisotopic (exact) mass is 357 g/mol. The molecule has 0 fully saturated rings. The van der Waals surface area contributed by atoms with E-state index in [0.717, 1.165) is 25.3 Å². The van der Waals surface area contributed by atoms with Crippen LogP contribution in [0.5, 0.6) is 0 Å². The Kier molecular flexibility index (Phi) is 7.51. The van der Waals surface area contributed by atoms with Crippen molar-refractivity contribution in [3.8, 4) is 0 Å². The summed E-state index contributed by atoms with van der Waals surface area (Å²) in [5.74, 6) is 0.786. The molecule has 26 heavy (non-hydrogen) atoms. The first-order chi connectivity index (χ1) is 12.5. The van der Waals surface area contributed by atoms with Crippen molar-refractivity contribution < 1.29 is 4.79 Å². The van der Waals surface area contributed by atoms with Crippen molar-refractivity contribution in [3.63, 3.8) is 0 Å². The number of carbonyl (C=O) groups is 1. The maximum Gasteiger partial charge on any atom is 0.221 e. The van der Waals surface area contributed by atoms with E-state index in [1.54, 1.807) is 7.05 Å². The number of guanidine groups is 1. The van der Waals surface area contributed by atoms with Gasteiger partial charge in [-0.3, -0.25) is 9.79 Å². The summed E-state index contributed by atoms with van der Waals surface area (Å²) >= 11 is 0. The Labute approximate surface area is 155 Å². The topological polar surface area (TPSA) is 81.3 Å². The lowest BCUT2D eigenvalue weighted by Gasteiger charge is -2.13. The van der Waals surface area contributed by atoms with Gasteiger partial charge in [0.05, 0.1) is 0 Å². The normalized spacial score (nSPS) is 12.8. The predicted molar refractivity (Wildman–Crippen MR) is 109 cm³/mol. The Hall–Kier alpha value is -2.50. The second-order valence-corrected chi connectivity index (χ2v) is 6.67. The number of amides is 1. The molecular weight excluding hydrogens is 326 g/mol. The lowest BCUT2D eigenvalue weighted by Crippen LogP contribution is -2.40. The molecule has 0 aliphatic heterocycles. The number of H-pyrrole nitrogens is 1. The highest BCUT2D eigenvalue weighted by atomic mass is 16.1. The molecule has 0 radical (unpaired) electrons. The fourth-order valence-corrected chi connectivity index (χ4v) is 2.79. The number of aromatic amines is 1. The number of rotatable bonds is 8. The zero-order valence-corrected chi connectivity index (χ0v) is 16.3. The van der Waals surface area contributed by atoms with Crippen molar-refractivity contribution in [2.24, 2.45) is 4.99 Å². The average molecular weight is 358 g/mol. The van der Waals surface area contributed by atoms with Crippen LogP contribution in [0.2, 0.25) is 0 Å². The van der Waals surface area contributed by atoms with Gasteiger partial charge in [0.1, 0.15) is 0 Å². The molecule has 0 saturated heterocycles. The first-order valence-electron chi connectivity index (χ1n) is 9.34. The second kappa shape index (κ2) is 9.85. The summed E-state index contributed by atoms with van der Waals surface area (Å²) in [7, 11) is 1.74. The maximum atomic E-state index is 11.8. The van der Waals surface area contributed by atoms with Crippen LogP contribution in [0.3, 0.4) is 0 Å². The van der Waals surface area contributed by atoms with Gasteiger partial charge in [0, 0.05) is 49.7 Å². The van der Waals surface area contributed by atoms with Crippen molar-refractivity contribution in [1.29, 1.82) is 0 Å². The van der Waals surface area contributed by atoms with Crippen molar-refractivity contribution in [2.75, 3.05) is 20.1 Å². The molecule has 6 heteroatoms. The quantitative estimate of drug-likeness (QED) is 0.433. The van der Waals surface area contributed by atoms with Crippen LogP contribution in [0.1, 0.15) is 37.8 Å². The molecule has 1 amide bonds. The third-order valence-corrected chi connectivity index (χ3v) is 4.50. The number of aromatic nitrogens is 1. The first-order valence-corrected chi connectivity index (χ1v) is 9.34. The standard InChI is InChI=1S/C20H31N5O/c1-5-15(3)25-19(26)9-11-23-20(21-4)22-10-8-16-13-24-18-12-14(2)6-7-17(16)18/h6-7,12-13,15,24H,5,8-11H2,1-4H3,(H,25,26)(H2,21,22,23). The summed E-state index contributed by atoms with van der Waals surface area (Å²) in [6.45, 7) is 7.51. The minimum absolute atomic E-state index is 0.0661. The molecule has 0 saturated carbocycles. The summed E-state index contributed by atoms with van der Waals surface area (Å²) in [6, 6.07) is 6.69. The number of aryl methyl sites for hydroxylation is 1. The van der Waals surface area contributed by atoms with Gasteiger partial charge in [-0.2, -0.15) is 0 Å². The van der Waals surface area contributed by atoms with E-state index in [1.807, 2.05) is 6.92 Å². The van der Waals surface area contributed by atoms with E-state index in [4.69, 9.17) is 0 Å². The Morgan fingerprint density at radius 3 is 2.77 bits per heavy atom. The molecule has 1 aromatic heterocycles. The molecule has 0 bridgehead atoms. The summed E-state index contributed by atoms with van der Waals surface area (Å²) < 4.78 is 0. The minimum Gasteiger partial charge on any atom is -0.361 e. The molecule has 6 nitrogen and oxygen atoms in total. The van der Waals surface area contributed by atoms with Crippen molar-refractivity contribution >= 4 is 22.8 Å². The molecule has 2 rings (SSSR count). The van der Waals surface area contributed by atoms with E-state index >= 15 is 0 Å². The number of aliphatic imine (C=N–C) groups is 1. The Bertz CT molecular complexity index is 750. The molecule has 1 heterocycles. The van der Waals surface area contributed by atoms with Crippen LogP contribution in [0, 0.1) is 6.92 Å². The van der Waals surface area contributed by atoms with E-state index < -0.39 is 0 Å². The van der Waals surface area contributed by atoms with Gasteiger partial charge in [-0.15, -0.1) is 0 Å². The number of fused-ring (bicyclic) bond motifs is 1. The second-order valence-electron chi connectivity index (χ2n) is 6.67. The summed E-state index contributed by atoms with van der Waals surface area (Å²) in [5.41, 5.74) is 3.72. The van der Waals surface area contributed by atoms with Crippen LogP contribution in [0.25, 0.3) is 10.9 Å². The summed E-state index contributed by atoms with van der Waals surface area (Å²) in [4.78, 5) is 19.3. The molecule has 1 unspecified atom stereocenters. The highest BCUT2D eigenvalue weighted by molar-refractivity contribution is 5.84. The van der Waals surface area contributed by atoms with E-state index in [2.05, 4.69) is 64.2 Å². The van der Waals surface area contributed by atoms with Crippen molar-refractivity contribution in [1.82, 2.24) is 20.9 Å². The largest absolute Gasteiger partial charge is 0.361 e. The number of carbonyl (C=O) groups excluding carboxylic acids is 1. The SMILES string of the molecule is CCC(C)NC(=O)CCNC(=NC)NCCc1c[nH]c2cc(C)ccc12. The van der Waals surface area contributed by atoms with Gasteiger partial charge in [-0.25, -0.2) is 0 Å². The fraction of sp³-hybridized carbons (Fsp3) is 0.500. The number of nitrogens with zero attached hydrogens (tertiary/aromatic N) is 1. The number of hydrogen-bond acceptors (Lipinski definition) is 2. The highest BCUT2D eigenvalue weighted by Gasteiger charge is 2.07. The molecule has 1 atom stereocenters. The van der Waals surface area contributed by atoms with Gasteiger partial charge in [0.15, 0.2) is 5.96 Å². The van der Waals surface area contributed by atoms with E-state index in [0.29, 0.717) is 13.0 Å². The summed E-state index contributed by atoms with van der Waals surface area (Å²) in [6.07, 6.45) is 4.35. The van der Waals surface area contributed by atoms with Crippen LogP contribution >= 0.6 is 0 Å². The van der Waals surface area contributed by atoms with Crippen molar-refractivity contribution in [3.05, 3.63) is 35.5 Å². The molecule has 4 N–H and O–H groups in total. The van der Waals surface area contributed by atoms with Gasteiger partial charge in [0.25, 0.3) is 0 Å². The number of nitrogens with one attached hydrogen (secondary N) is 4. The lowest BCUT2D eigenvalue weighted by molar-refractivity contribution is -0.121. The van der Waals surface area contributed by atoms with Gasteiger partial charge in [-0.05, 0) is 43.9 Å². The number of benzene rings is 1. The first kappa shape index (κ1) is 19.8. The van der Waals surface area contributed by atoms with Crippen LogP contribution in [0.15, 0.2) is 29.4 Å². The molecule has 0 spiro atoms. The summed E-state index contributed by atoms with van der Waals surface area (Å²) in [5, 5.41) is 10.7. The van der Waals surface area contributed by atoms with Crippen LogP contribution in [-0.2, 0) is 11.2 Å². The zero-order chi connectivity index (χ0) is 18.9. The smallest absolute Gasteiger partial charge is 0.221 e. The molecule has 0 aliphatic carbocycles. The minimum atomic E-state index is 0.0661. The molecule has 1 aromatic carbocycles. The fourth-order valence-electron chi connectivity index (χ4n) is 2.79. The van der Waals surface area contributed by atoms with Gasteiger partial charge in [-0.1, -0.05) is 19.1 Å². The lowest BCUT2D eigenvalue weighted by atomic mass is 10.1. The highest BCUT2D eigenvalue weighted by Crippen LogP contribution is 2.19.